The second-order valence-corrected chi connectivity index (χ2v) is 3.65. The van der Waals surface area contributed by atoms with Crippen LogP contribution in [0.25, 0.3) is 0 Å². The molecule has 0 fully saturated rings. The van der Waals surface area contributed by atoms with Crippen molar-refractivity contribution in [3.63, 3.8) is 0 Å². The average Bonchev–Trinajstić information content (AvgIpc) is 2.15. The second kappa shape index (κ2) is 4.89. The molecule has 0 N–H and O–H groups in total. The molecule has 62 valence electrons. The van der Waals surface area contributed by atoms with E-state index in [2.05, 4.69) is 6.58 Å². The molecule has 0 unspecified atom stereocenters. The molecular weight excluding hydrogens is 215 g/mol. The van der Waals surface area contributed by atoms with Crippen LogP contribution in [0.2, 0.25) is 0 Å². The fourth-order valence-corrected chi connectivity index (χ4v) is 1.33. The van der Waals surface area contributed by atoms with Crippen molar-refractivity contribution in [3.05, 3.63) is 36.9 Å². The summed E-state index contributed by atoms with van der Waals surface area (Å²) >= 11 is -0.915. The van der Waals surface area contributed by atoms with Gasteiger partial charge in [-0.25, -0.2) is 0 Å². The molecule has 0 spiro atoms. The Morgan fingerprint density at radius 3 is 2.58 bits per heavy atom. The molecule has 0 aliphatic heterocycles. The van der Waals surface area contributed by atoms with E-state index in [4.69, 9.17) is 4.74 Å². The number of hydrogen-bond acceptors (Lipinski definition) is 2. The molecular formula is C9H9AsO2. The summed E-state index contributed by atoms with van der Waals surface area (Å²) in [4.78, 5) is 0. The molecule has 0 radical (unpaired) electrons. The first-order valence-corrected chi connectivity index (χ1v) is 5.24. The van der Waals surface area contributed by atoms with Crippen molar-refractivity contribution < 1.29 is 8.48 Å². The standard InChI is InChI=1S/C9H9AsO2/c1-2-7-12-9-5-3-8(10-11)4-6-9/h2-6H,1,7H2. The maximum atomic E-state index is 10.5. The third kappa shape index (κ3) is 2.63. The summed E-state index contributed by atoms with van der Waals surface area (Å²) in [5, 5.41) is 0. The van der Waals surface area contributed by atoms with E-state index in [1.807, 2.05) is 24.3 Å². The Kier molecular flexibility index (Phi) is 3.75. The molecule has 0 saturated carbocycles. The van der Waals surface area contributed by atoms with Crippen molar-refractivity contribution in [2.75, 3.05) is 6.61 Å². The average molecular weight is 224 g/mol. The van der Waals surface area contributed by atoms with Crippen LogP contribution in [-0.4, -0.2) is 22.3 Å². The van der Waals surface area contributed by atoms with Crippen LogP contribution in [0.4, 0.5) is 0 Å². The molecule has 3 heteroatoms. The Labute approximate surface area is 78.2 Å². The fourth-order valence-electron chi connectivity index (χ4n) is 0.758. The summed E-state index contributed by atoms with van der Waals surface area (Å²) in [6.07, 6.45) is 1.69. The minimum atomic E-state index is -0.915. The Morgan fingerprint density at radius 2 is 2.08 bits per heavy atom. The molecule has 0 aliphatic rings. The summed E-state index contributed by atoms with van der Waals surface area (Å²) in [5.74, 6) is 0.785. The van der Waals surface area contributed by atoms with Crippen molar-refractivity contribution in [2.24, 2.45) is 0 Å². The number of hydrogen-bond donors (Lipinski definition) is 0. The summed E-state index contributed by atoms with van der Waals surface area (Å²) in [7, 11) is 0. The number of ether oxygens (including phenoxy) is 1. The Bertz CT molecular complexity index is 266. The zero-order valence-electron chi connectivity index (χ0n) is 6.56. The predicted octanol–water partition coefficient (Wildman–Crippen LogP) is 0.926. The van der Waals surface area contributed by atoms with Crippen LogP contribution in [0, 0.1) is 0 Å². The van der Waals surface area contributed by atoms with E-state index >= 15 is 0 Å². The van der Waals surface area contributed by atoms with Crippen LogP contribution in [-0.2, 0) is 3.74 Å². The zero-order chi connectivity index (χ0) is 8.81. The third-order valence-corrected chi connectivity index (χ3v) is 2.38. The van der Waals surface area contributed by atoms with Gasteiger partial charge >= 0.3 is 77.8 Å². The van der Waals surface area contributed by atoms with Gasteiger partial charge in [0.1, 0.15) is 0 Å². The normalized spacial score (nSPS) is 9.67. The van der Waals surface area contributed by atoms with Crippen molar-refractivity contribution >= 4 is 20.0 Å². The summed E-state index contributed by atoms with van der Waals surface area (Å²) in [6, 6.07) is 7.25. The van der Waals surface area contributed by atoms with Crippen molar-refractivity contribution in [1.29, 1.82) is 0 Å². The Hall–Kier alpha value is -0.882. The Balaban J connectivity index is 2.64. The second-order valence-electron chi connectivity index (χ2n) is 2.18. The topological polar surface area (TPSA) is 26.3 Å². The van der Waals surface area contributed by atoms with Gasteiger partial charge in [-0.15, -0.1) is 0 Å². The molecule has 1 aromatic rings. The van der Waals surface area contributed by atoms with E-state index in [1.54, 1.807) is 6.08 Å². The molecule has 2 nitrogen and oxygen atoms in total. The van der Waals surface area contributed by atoms with Crippen LogP contribution >= 0.6 is 0 Å². The van der Waals surface area contributed by atoms with Crippen molar-refractivity contribution in [2.45, 2.75) is 0 Å². The van der Waals surface area contributed by atoms with Gasteiger partial charge < -0.3 is 0 Å². The monoisotopic (exact) mass is 224 g/mol. The van der Waals surface area contributed by atoms with Gasteiger partial charge in [-0.2, -0.15) is 0 Å². The third-order valence-electron chi connectivity index (χ3n) is 1.31. The molecule has 0 aliphatic carbocycles. The van der Waals surface area contributed by atoms with Gasteiger partial charge in [0, 0.05) is 0 Å². The molecule has 0 saturated heterocycles. The number of rotatable bonds is 4. The van der Waals surface area contributed by atoms with Crippen LogP contribution in [0.3, 0.4) is 0 Å². The predicted molar refractivity (Wildman–Crippen MR) is 48.2 cm³/mol. The molecule has 0 bridgehead atoms. The van der Waals surface area contributed by atoms with Crippen LogP contribution in [0.1, 0.15) is 0 Å². The van der Waals surface area contributed by atoms with Gasteiger partial charge in [-0.3, -0.25) is 0 Å². The first-order chi connectivity index (χ1) is 5.86. The quantitative estimate of drug-likeness (QED) is 0.561. The fraction of sp³-hybridized carbons (Fsp3) is 0.111. The first-order valence-electron chi connectivity index (χ1n) is 3.54. The van der Waals surface area contributed by atoms with Crippen molar-refractivity contribution in [3.8, 4) is 5.75 Å². The molecule has 0 atom stereocenters. The molecule has 12 heavy (non-hydrogen) atoms. The summed E-state index contributed by atoms with van der Waals surface area (Å²) < 4.78 is 16.6. The minimum absolute atomic E-state index is 0.504. The zero-order valence-corrected chi connectivity index (χ0v) is 8.44. The van der Waals surface area contributed by atoms with E-state index in [1.165, 1.54) is 0 Å². The van der Waals surface area contributed by atoms with Gasteiger partial charge in [0.05, 0.1) is 0 Å². The maximum absolute atomic E-state index is 10.5. The SMILES string of the molecule is C=CCOc1ccc([As]=O)cc1. The van der Waals surface area contributed by atoms with E-state index in [-0.39, 0.29) is 0 Å². The van der Waals surface area contributed by atoms with E-state index in [0.717, 1.165) is 10.1 Å². The molecule has 1 aromatic carbocycles. The van der Waals surface area contributed by atoms with E-state index < -0.39 is 15.7 Å². The van der Waals surface area contributed by atoms with Gasteiger partial charge in [-0.05, 0) is 0 Å². The molecule has 1 rings (SSSR count). The first kappa shape index (κ1) is 9.21. The van der Waals surface area contributed by atoms with Gasteiger partial charge in [0.25, 0.3) is 0 Å². The molecule has 0 aromatic heterocycles. The summed E-state index contributed by atoms with van der Waals surface area (Å²) in [5.41, 5.74) is 0. The van der Waals surface area contributed by atoms with E-state index in [9.17, 15) is 3.74 Å². The van der Waals surface area contributed by atoms with Crippen molar-refractivity contribution in [1.82, 2.24) is 0 Å². The molecule has 0 amide bonds. The van der Waals surface area contributed by atoms with E-state index in [0.29, 0.717) is 6.61 Å². The van der Waals surface area contributed by atoms with Gasteiger partial charge in [0.15, 0.2) is 0 Å². The molecule has 0 heterocycles. The summed E-state index contributed by atoms with van der Waals surface area (Å²) in [6.45, 7) is 4.04. The Morgan fingerprint density at radius 1 is 1.42 bits per heavy atom. The van der Waals surface area contributed by atoms with Crippen LogP contribution in [0.5, 0.6) is 5.75 Å². The van der Waals surface area contributed by atoms with Gasteiger partial charge in [-0.1, -0.05) is 0 Å². The van der Waals surface area contributed by atoms with Gasteiger partial charge in [0.2, 0.25) is 0 Å². The number of benzene rings is 1. The van der Waals surface area contributed by atoms with Crippen LogP contribution < -0.4 is 9.09 Å². The van der Waals surface area contributed by atoms with Crippen LogP contribution in [0.15, 0.2) is 36.9 Å².